The standard InChI is InChI=1S/C31H50BrN3O.C2HF3O2/c1-26(2)27-15-17-28(18-16-27)33-23-19-31(20-24-33)30(36)34(22-12-7-5-3-4-6-11-21-32)25-35(31)29-13-9-8-10-14-29;3-2(4,5)1(6)7/h8-10,13-14,26-28H,3-7,11-12,15-25H2,1-2H3;(H,6,7). The van der Waals surface area contributed by atoms with Crippen LogP contribution in [-0.2, 0) is 9.59 Å². The number of carbonyl (C=O) groups is 2. The second-order valence-electron chi connectivity index (χ2n) is 12.8. The van der Waals surface area contributed by atoms with Crippen molar-refractivity contribution in [3.8, 4) is 0 Å². The Hall–Kier alpha value is -1.81. The summed E-state index contributed by atoms with van der Waals surface area (Å²) in [5.41, 5.74) is 0.869. The number of nitrogens with zero attached hydrogens (tertiary/aromatic N) is 3. The first kappa shape index (κ1) is 35.7. The third-order valence-electron chi connectivity index (χ3n) is 9.71. The van der Waals surface area contributed by atoms with Crippen LogP contribution in [0.25, 0.3) is 0 Å². The van der Waals surface area contributed by atoms with Gasteiger partial charge in [-0.1, -0.05) is 80.1 Å². The van der Waals surface area contributed by atoms with E-state index < -0.39 is 12.1 Å². The third-order valence-corrected chi connectivity index (χ3v) is 10.3. The molecule has 3 aliphatic rings. The number of hydrogen-bond acceptors (Lipinski definition) is 4. The number of alkyl halides is 4. The van der Waals surface area contributed by atoms with E-state index in [4.69, 9.17) is 9.90 Å². The number of amides is 1. The van der Waals surface area contributed by atoms with E-state index >= 15 is 0 Å². The SMILES string of the molecule is CC(C)C1CCC(N2CCC3(CC2)C(=O)N(CCCCCCCCCBr)CN3c2ccccc2)CC1.O=C(O)C(F)(F)F. The maximum atomic E-state index is 14.0. The van der Waals surface area contributed by atoms with Gasteiger partial charge in [0, 0.05) is 36.7 Å². The Kier molecular flexibility index (Phi) is 14.1. The van der Waals surface area contributed by atoms with Crippen molar-refractivity contribution in [3.05, 3.63) is 30.3 Å². The van der Waals surface area contributed by atoms with Gasteiger partial charge in [-0.2, -0.15) is 13.2 Å². The average Bonchev–Trinajstić information content (AvgIpc) is 3.25. The lowest BCUT2D eigenvalue weighted by Crippen LogP contribution is -2.58. The molecule has 1 amide bonds. The van der Waals surface area contributed by atoms with Crippen molar-refractivity contribution >= 4 is 33.5 Å². The summed E-state index contributed by atoms with van der Waals surface area (Å²) in [4.78, 5) is 30.2. The van der Waals surface area contributed by atoms with Crippen molar-refractivity contribution < 1.29 is 27.9 Å². The van der Waals surface area contributed by atoms with E-state index in [-0.39, 0.29) is 5.54 Å². The van der Waals surface area contributed by atoms with Gasteiger partial charge in [0.15, 0.2) is 0 Å². The average molecular weight is 675 g/mol. The van der Waals surface area contributed by atoms with Crippen LogP contribution in [0, 0.1) is 11.8 Å². The number of para-hydroxylation sites is 1. The molecule has 1 N–H and O–H groups in total. The number of carboxylic acid groups (broad SMARTS) is 1. The molecule has 1 aromatic rings. The molecule has 1 aromatic carbocycles. The summed E-state index contributed by atoms with van der Waals surface area (Å²) in [5.74, 6) is -0.638. The van der Waals surface area contributed by atoms with Gasteiger partial charge in [-0.15, -0.1) is 0 Å². The molecule has 0 radical (unpaired) electrons. The van der Waals surface area contributed by atoms with Crippen molar-refractivity contribution in [2.75, 3.05) is 36.5 Å². The Morgan fingerprint density at radius 2 is 1.49 bits per heavy atom. The van der Waals surface area contributed by atoms with Crippen LogP contribution >= 0.6 is 15.9 Å². The monoisotopic (exact) mass is 673 g/mol. The maximum Gasteiger partial charge on any atom is 0.490 e. The second kappa shape index (κ2) is 17.0. The topological polar surface area (TPSA) is 64.1 Å². The zero-order chi connectivity index (χ0) is 31.5. The number of likely N-dealkylation sites (tertiary alicyclic amines) is 1. The molecule has 1 aliphatic carbocycles. The van der Waals surface area contributed by atoms with Crippen LogP contribution in [0.4, 0.5) is 18.9 Å². The third kappa shape index (κ3) is 10.1. The first-order chi connectivity index (χ1) is 20.5. The number of piperidine rings is 1. The van der Waals surface area contributed by atoms with Crippen LogP contribution < -0.4 is 4.90 Å². The lowest BCUT2D eigenvalue weighted by molar-refractivity contribution is -0.192. The van der Waals surface area contributed by atoms with Gasteiger partial charge in [-0.25, -0.2) is 4.79 Å². The molecule has 43 heavy (non-hydrogen) atoms. The van der Waals surface area contributed by atoms with Crippen LogP contribution in [0.5, 0.6) is 0 Å². The van der Waals surface area contributed by atoms with Gasteiger partial charge < -0.3 is 19.8 Å². The quantitative estimate of drug-likeness (QED) is 0.179. The lowest BCUT2D eigenvalue weighted by Gasteiger charge is -2.47. The fraction of sp³-hybridized carbons (Fsp3) is 0.758. The number of halogens is 4. The second-order valence-corrected chi connectivity index (χ2v) is 13.6. The molecule has 0 atom stereocenters. The summed E-state index contributed by atoms with van der Waals surface area (Å²) >= 11 is 3.52. The van der Waals surface area contributed by atoms with E-state index in [1.807, 2.05) is 0 Å². The first-order valence-corrected chi connectivity index (χ1v) is 17.3. The van der Waals surface area contributed by atoms with E-state index in [9.17, 15) is 18.0 Å². The summed E-state index contributed by atoms with van der Waals surface area (Å²) < 4.78 is 31.7. The number of benzene rings is 1. The zero-order valence-electron chi connectivity index (χ0n) is 26.0. The Labute approximate surface area is 264 Å². The number of anilines is 1. The molecule has 0 aromatic heterocycles. The van der Waals surface area contributed by atoms with Gasteiger partial charge >= 0.3 is 12.1 Å². The highest BCUT2D eigenvalue weighted by Gasteiger charge is 2.54. The van der Waals surface area contributed by atoms with Crippen molar-refractivity contribution in [3.63, 3.8) is 0 Å². The summed E-state index contributed by atoms with van der Waals surface area (Å²) in [6.07, 6.45) is 11.3. The molecule has 2 heterocycles. The molecular formula is C33H51BrF3N3O3. The number of aliphatic carboxylic acids is 1. The number of hydrogen-bond donors (Lipinski definition) is 1. The molecule has 2 saturated heterocycles. The van der Waals surface area contributed by atoms with Crippen molar-refractivity contribution in [2.24, 2.45) is 11.8 Å². The minimum absolute atomic E-state index is 0.345. The molecule has 6 nitrogen and oxygen atoms in total. The Morgan fingerprint density at radius 3 is 2.00 bits per heavy atom. The number of rotatable bonds is 12. The molecule has 0 bridgehead atoms. The fourth-order valence-electron chi connectivity index (χ4n) is 7.05. The van der Waals surface area contributed by atoms with E-state index in [2.05, 4.69) is 74.8 Å². The van der Waals surface area contributed by atoms with E-state index in [1.165, 1.54) is 69.9 Å². The summed E-state index contributed by atoms with van der Waals surface area (Å²) in [5, 5.41) is 8.25. The molecule has 1 spiro atoms. The molecule has 1 saturated carbocycles. The Balaban J connectivity index is 0.000000646. The largest absolute Gasteiger partial charge is 0.490 e. The first-order valence-electron chi connectivity index (χ1n) is 16.2. The summed E-state index contributed by atoms with van der Waals surface area (Å²) in [6, 6.07) is 11.4. The fourth-order valence-corrected chi connectivity index (χ4v) is 7.44. The predicted molar refractivity (Wildman–Crippen MR) is 169 cm³/mol. The molecule has 3 fully saturated rings. The van der Waals surface area contributed by atoms with Gasteiger partial charge in [0.05, 0.1) is 6.67 Å². The molecular weight excluding hydrogens is 623 g/mol. The van der Waals surface area contributed by atoms with E-state index in [0.717, 1.165) is 68.8 Å². The van der Waals surface area contributed by atoms with Gasteiger partial charge in [0.25, 0.3) is 0 Å². The van der Waals surface area contributed by atoms with Crippen LogP contribution in [0.15, 0.2) is 30.3 Å². The maximum absolute atomic E-state index is 14.0. The summed E-state index contributed by atoms with van der Waals surface area (Å²) in [7, 11) is 0. The van der Waals surface area contributed by atoms with Crippen LogP contribution in [0.3, 0.4) is 0 Å². The highest BCUT2D eigenvalue weighted by molar-refractivity contribution is 9.09. The van der Waals surface area contributed by atoms with Crippen molar-refractivity contribution in [1.29, 1.82) is 0 Å². The Bertz CT molecular complexity index is 979. The minimum Gasteiger partial charge on any atom is -0.475 e. The molecule has 2 aliphatic heterocycles. The number of carbonyl (C=O) groups excluding carboxylic acids is 1. The Morgan fingerprint density at radius 1 is 0.953 bits per heavy atom. The number of unbranched alkanes of at least 4 members (excludes halogenated alkanes) is 6. The smallest absolute Gasteiger partial charge is 0.475 e. The van der Waals surface area contributed by atoms with Crippen LogP contribution in [-0.4, -0.2) is 76.2 Å². The van der Waals surface area contributed by atoms with E-state index in [1.54, 1.807) is 0 Å². The van der Waals surface area contributed by atoms with Crippen LogP contribution in [0.1, 0.15) is 97.3 Å². The molecule has 4 rings (SSSR count). The molecule has 244 valence electrons. The van der Waals surface area contributed by atoms with Crippen LogP contribution in [0.2, 0.25) is 0 Å². The van der Waals surface area contributed by atoms with E-state index in [0.29, 0.717) is 5.91 Å². The lowest BCUT2D eigenvalue weighted by atomic mass is 9.78. The van der Waals surface area contributed by atoms with Gasteiger partial charge in [-0.05, 0) is 75.3 Å². The summed E-state index contributed by atoms with van der Waals surface area (Å²) in [6.45, 7) is 8.57. The molecule has 0 unspecified atom stereocenters. The highest BCUT2D eigenvalue weighted by Crippen LogP contribution is 2.41. The number of carboxylic acids is 1. The zero-order valence-corrected chi connectivity index (χ0v) is 27.5. The van der Waals surface area contributed by atoms with Gasteiger partial charge in [0.2, 0.25) is 5.91 Å². The van der Waals surface area contributed by atoms with Gasteiger partial charge in [-0.3, -0.25) is 4.79 Å². The molecule has 10 heteroatoms. The van der Waals surface area contributed by atoms with Crippen molar-refractivity contribution in [1.82, 2.24) is 9.80 Å². The normalized spacial score (nSPS) is 22.6. The van der Waals surface area contributed by atoms with Gasteiger partial charge in [0.1, 0.15) is 5.54 Å². The highest BCUT2D eigenvalue weighted by atomic mass is 79.9. The van der Waals surface area contributed by atoms with Crippen molar-refractivity contribution in [2.45, 2.75) is 115 Å². The minimum atomic E-state index is -5.08. The predicted octanol–water partition coefficient (Wildman–Crippen LogP) is 8.10.